The average molecular weight is 433 g/mol. The van der Waals surface area contributed by atoms with E-state index in [0.29, 0.717) is 17.3 Å². The fraction of sp³-hybridized carbons (Fsp3) is 0.333. The number of aliphatic hydroxyl groups excluding tert-OH is 1. The Morgan fingerprint density at radius 2 is 1.97 bits per heavy atom. The second-order valence-corrected chi connectivity index (χ2v) is 8.94. The first-order valence-corrected chi connectivity index (χ1v) is 11.8. The Labute approximate surface area is 184 Å². The van der Waals surface area contributed by atoms with Crippen LogP contribution in [0.5, 0.6) is 0 Å². The number of aromatic nitrogens is 4. The molecule has 1 N–H and O–H groups in total. The van der Waals surface area contributed by atoms with Gasteiger partial charge in [0.05, 0.1) is 34.4 Å². The van der Waals surface area contributed by atoms with Gasteiger partial charge in [0.25, 0.3) is 5.56 Å². The van der Waals surface area contributed by atoms with E-state index in [1.165, 1.54) is 0 Å². The van der Waals surface area contributed by atoms with E-state index in [9.17, 15) is 9.90 Å². The van der Waals surface area contributed by atoms with Crippen LogP contribution in [0.15, 0.2) is 59.0 Å². The average Bonchev–Trinajstić information content (AvgIpc) is 2.81. The van der Waals surface area contributed by atoms with Crippen LogP contribution in [0, 0.1) is 0 Å². The number of pyridine rings is 2. The zero-order valence-corrected chi connectivity index (χ0v) is 18.2. The van der Waals surface area contributed by atoms with Crippen molar-refractivity contribution in [2.24, 2.45) is 0 Å². The van der Waals surface area contributed by atoms with Gasteiger partial charge in [-0.1, -0.05) is 18.9 Å². The van der Waals surface area contributed by atoms with Gasteiger partial charge in [0.1, 0.15) is 0 Å². The molecule has 3 heterocycles. The molecule has 3 aromatic heterocycles. The maximum atomic E-state index is 13.5. The van der Waals surface area contributed by atoms with Gasteiger partial charge in [0.15, 0.2) is 0 Å². The van der Waals surface area contributed by atoms with Gasteiger partial charge in [-0.15, -0.1) is 11.8 Å². The molecule has 6 nitrogen and oxygen atoms in total. The number of hydrogen-bond acceptors (Lipinski definition) is 6. The largest absolute Gasteiger partial charge is 0.391 e. The molecule has 1 saturated carbocycles. The number of thioether (sulfide) groups is 1. The molecule has 4 aromatic rings. The molecule has 0 aliphatic heterocycles. The third-order valence-corrected chi connectivity index (χ3v) is 6.88. The van der Waals surface area contributed by atoms with Crippen LogP contribution in [0.4, 0.5) is 0 Å². The Morgan fingerprint density at radius 1 is 1.10 bits per heavy atom. The van der Waals surface area contributed by atoms with Crippen molar-refractivity contribution in [2.75, 3.05) is 6.26 Å². The second kappa shape index (κ2) is 8.40. The number of aliphatic hydroxyl groups is 1. The Hall–Kier alpha value is -2.77. The van der Waals surface area contributed by atoms with Gasteiger partial charge in [0, 0.05) is 29.4 Å². The smallest absolute Gasteiger partial charge is 0.261 e. The van der Waals surface area contributed by atoms with E-state index in [-0.39, 0.29) is 11.6 Å². The van der Waals surface area contributed by atoms with E-state index < -0.39 is 6.10 Å². The molecule has 0 bridgehead atoms. The van der Waals surface area contributed by atoms with Crippen molar-refractivity contribution in [2.45, 2.75) is 49.3 Å². The molecule has 1 aromatic carbocycles. The van der Waals surface area contributed by atoms with E-state index in [1.807, 2.05) is 36.8 Å². The quantitative estimate of drug-likeness (QED) is 0.386. The molecule has 1 fully saturated rings. The first-order valence-electron chi connectivity index (χ1n) is 10.6. The maximum absolute atomic E-state index is 13.5. The van der Waals surface area contributed by atoms with Crippen LogP contribution in [-0.2, 0) is 6.42 Å². The van der Waals surface area contributed by atoms with Crippen molar-refractivity contribution in [3.63, 3.8) is 0 Å². The van der Waals surface area contributed by atoms with Crippen LogP contribution in [0.1, 0.15) is 42.9 Å². The maximum Gasteiger partial charge on any atom is 0.261 e. The van der Waals surface area contributed by atoms with Crippen LogP contribution >= 0.6 is 11.8 Å². The number of hydrogen-bond donors (Lipinski definition) is 1. The molecule has 7 heteroatoms. The predicted octanol–water partition coefficient (Wildman–Crippen LogP) is 4.13. The summed E-state index contributed by atoms with van der Waals surface area (Å²) < 4.78 is 1.64. The number of rotatable bonds is 4. The first kappa shape index (κ1) is 20.2. The molecule has 31 heavy (non-hydrogen) atoms. The highest BCUT2D eigenvalue weighted by molar-refractivity contribution is 7.98. The molecular formula is C24H24N4O2S. The molecule has 1 aliphatic rings. The van der Waals surface area contributed by atoms with Crippen molar-refractivity contribution in [3.05, 3.63) is 70.7 Å². The zero-order chi connectivity index (χ0) is 21.4. The van der Waals surface area contributed by atoms with E-state index in [1.54, 1.807) is 28.9 Å². The summed E-state index contributed by atoms with van der Waals surface area (Å²) in [5.41, 5.74) is 2.69. The van der Waals surface area contributed by atoms with Crippen LogP contribution in [-0.4, -0.2) is 37.0 Å². The minimum absolute atomic E-state index is 0.0910. The summed E-state index contributed by atoms with van der Waals surface area (Å²) in [7, 11) is 0. The normalized spacial score (nSPS) is 19.2. The van der Waals surface area contributed by atoms with Crippen molar-refractivity contribution >= 4 is 33.4 Å². The molecule has 0 spiro atoms. The number of fused-ring (bicyclic) bond motifs is 3. The minimum atomic E-state index is -0.504. The SMILES string of the molecule is CSc1ccc(Cc2cc3c(=O)n(C4CCCCC4O)cnc3c3ccncc23)cn1. The minimum Gasteiger partial charge on any atom is -0.391 e. The molecule has 0 radical (unpaired) electrons. The lowest BCUT2D eigenvalue weighted by Crippen LogP contribution is -2.34. The zero-order valence-electron chi connectivity index (χ0n) is 17.4. The lowest BCUT2D eigenvalue weighted by atomic mass is 9.92. The van der Waals surface area contributed by atoms with E-state index in [4.69, 9.17) is 0 Å². The van der Waals surface area contributed by atoms with Gasteiger partial charge in [-0.05, 0) is 54.8 Å². The highest BCUT2D eigenvalue weighted by Crippen LogP contribution is 2.30. The summed E-state index contributed by atoms with van der Waals surface area (Å²) in [4.78, 5) is 26.9. The molecule has 2 atom stereocenters. The third kappa shape index (κ3) is 3.72. The van der Waals surface area contributed by atoms with Crippen molar-refractivity contribution in [1.82, 2.24) is 19.5 Å². The monoisotopic (exact) mass is 432 g/mol. The number of nitrogens with zero attached hydrogens (tertiary/aromatic N) is 4. The molecule has 1 aliphatic carbocycles. The summed E-state index contributed by atoms with van der Waals surface area (Å²) >= 11 is 1.61. The van der Waals surface area contributed by atoms with Gasteiger partial charge in [-0.25, -0.2) is 9.97 Å². The molecule has 0 saturated heterocycles. The topological polar surface area (TPSA) is 80.9 Å². The number of benzene rings is 1. The van der Waals surface area contributed by atoms with E-state index in [2.05, 4.69) is 21.0 Å². The van der Waals surface area contributed by atoms with E-state index in [0.717, 1.165) is 52.6 Å². The second-order valence-electron chi connectivity index (χ2n) is 8.11. The Balaban J connectivity index is 1.67. The van der Waals surface area contributed by atoms with Gasteiger partial charge in [-0.3, -0.25) is 14.3 Å². The molecule has 2 unspecified atom stereocenters. The van der Waals surface area contributed by atoms with Crippen molar-refractivity contribution in [3.8, 4) is 0 Å². The Bertz CT molecular complexity index is 1300. The van der Waals surface area contributed by atoms with Gasteiger partial charge >= 0.3 is 0 Å². The fourth-order valence-electron chi connectivity index (χ4n) is 4.59. The summed E-state index contributed by atoms with van der Waals surface area (Å²) in [6.07, 6.45) is 12.8. The van der Waals surface area contributed by atoms with Crippen LogP contribution in [0.2, 0.25) is 0 Å². The summed E-state index contributed by atoms with van der Waals surface area (Å²) in [5.74, 6) is 0. The first-order chi connectivity index (χ1) is 15.2. The lowest BCUT2D eigenvalue weighted by molar-refractivity contribution is 0.0735. The molecular weight excluding hydrogens is 408 g/mol. The van der Waals surface area contributed by atoms with Crippen LogP contribution < -0.4 is 5.56 Å². The molecule has 0 amide bonds. The fourth-order valence-corrected chi connectivity index (χ4v) is 4.95. The van der Waals surface area contributed by atoms with Gasteiger partial charge in [-0.2, -0.15) is 0 Å². The van der Waals surface area contributed by atoms with Crippen molar-refractivity contribution in [1.29, 1.82) is 0 Å². The van der Waals surface area contributed by atoms with Gasteiger partial charge < -0.3 is 5.11 Å². The highest BCUT2D eigenvalue weighted by atomic mass is 32.2. The molecule has 5 rings (SSSR count). The Morgan fingerprint density at radius 3 is 2.74 bits per heavy atom. The van der Waals surface area contributed by atoms with Crippen LogP contribution in [0.3, 0.4) is 0 Å². The lowest BCUT2D eigenvalue weighted by Gasteiger charge is -2.29. The van der Waals surface area contributed by atoms with Crippen molar-refractivity contribution < 1.29 is 5.11 Å². The molecule has 158 valence electrons. The van der Waals surface area contributed by atoms with E-state index >= 15 is 0 Å². The van der Waals surface area contributed by atoms with Gasteiger partial charge in [0.2, 0.25) is 0 Å². The van der Waals surface area contributed by atoms with Crippen LogP contribution in [0.25, 0.3) is 21.7 Å². The standard InChI is InChI=1S/C24H24N4O2S/c1-31-22-7-6-15(12-26-22)10-16-11-18-23(17-8-9-25-13-19(16)17)27-14-28(24(18)30)20-4-2-3-5-21(20)29/h6-9,11-14,20-21,29H,2-5,10H2,1H3. The summed E-state index contributed by atoms with van der Waals surface area (Å²) in [6, 6.07) is 7.75. The predicted molar refractivity (Wildman–Crippen MR) is 124 cm³/mol. The highest BCUT2D eigenvalue weighted by Gasteiger charge is 2.26. The Kier molecular flexibility index (Phi) is 5.46. The third-order valence-electron chi connectivity index (χ3n) is 6.22. The summed E-state index contributed by atoms with van der Waals surface area (Å²) in [5, 5.41) is 14.0. The summed E-state index contributed by atoms with van der Waals surface area (Å²) in [6.45, 7) is 0.